The molecule has 2 nitrogen and oxygen atoms in total. The fourth-order valence-corrected chi connectivity index (χ4v) is 2.55. The number of hydrogen-bond donors (Lipinski definition) is 1. The van der Waals surface area contributed by atoms with Gasteiger partial charge in [-0.05, 0) is 23.8 Å². The average molecular weight is 294 g/mol. The van der Waals surface area contributed by atoms with Crippen LogP contribution < -0.4 is 4.74 Å². The summed E-state index contributed by atoms with van der Waals surface area (Å²) in [5.41, 5.74) is 0.611. The van der Waals surface area contributed by atoms with Gasteiger partial charge in [0.1, 0.15) is 5.75 Å². The van der Waals surface area contributed by atoms with Gasteiger partial charge in [0, 0.05) is 5.56 Å². The van der Waals surface area contributed by atoms with E-state index >= 15 is 0 Å². The Labute approximate surface area is 119 Å². The van der Waals surface area contributed by atoms with Crippen LogP contribution in [-0.4, -0.2) is 11.7 Å². The molecule has 0 radical (unpaired) electrons. The van der Waals surface area contributed by atoms with Gasteiger partial charge in [0.2, 0.25) is 0 Å². The van der Waals surface area contributed by atoms with Crippen LogP contribution in [0, 0.1) is 0 Å². The van der Waals surface area contributed by atoms with Crippen molar-refractivity contribution >= 4 is 0 Å². The van der Waals surface area contributed by atoms with Crippen LogP contribution in [0.2, 0.25) is 0 Å². The van der Waals surface area contributed by atoms with E-state index in [1.54, 1.807) is 0 Å². The zero-order valence-electron chi connectivity index (χ0n) is 11.0. The van der Waals surface area contributed by atoms with Gasteiger partial charge in [-0.3, -0.25) is 0 Å². The summed E-state index contributed by atoms with van der Waals surface area (Å²) in [5.74, 6) is 0.450. The molecule has 0 aromatic heterocycles. The smallest absolute Gasteiger partial charge is 0.416 e. The normalized spacial score (nSPS) is 19.0. The van der Waals surface area contributed by atoms with Crippen molar-refractivity contribution in [2.24, 2.45) is 0 Å². The van der Waals surface area contributed by atoms with Gasteiger partial charge in [-0.1, -0.05) is 30.3 Å². The quantitative estimate of drug-likeness (QED) is 0.909. The van der Waals surface area contributed by atoms with Gasteiger partial charge in [0.05, 0.1) is 24.2 Å². The fraction of sp³-hybridized carbons (Fsp3) is 0.250. The molecule has 0 amide bonds. The van der Waals surface area contributed by atoms with Crippen LogP contribution in [0.1, 0.15) is 28.7 Å². The van der Waals surface area contributed by atoms with E-state index in [9.17, 15) is 18.3 Å². The molecular weight excluding hydrogens is 281 g/mol. The van der Waals surface area contributed by atoms with Crippen molar-refractivity contribution in [3.05, 3.63) is 65.2 Å². The molecule has 0 saturated heterocycles. The molecule has 5 heteroatoms. The maximum Gasteiger partial charge on any atom is 0.416 e. The highest BCUT2D eigenvalue weighted by molar-refractivity contribution is 5.42. The van der Waals surface area contributed by atoms with Gasteiger partial charge in [-0.15, -0.1) is 0 Å². The highest BCUT2D eigenvalue weighted by Crippen LogP contribution is 2.41. The predicted molar refractivity (Wildman–Crippen MR) is 71.1 cm³/mol. The Balaban J connectivity index is 1.85. The van der Waals surface area contributed by atoms with Crippen LogP contribution in [0.25, 0.3) is 0 Å². The summed E-state index contributed by atoms with van der Waals surface area (Å²) in [6.07, 6.45) is -5.26. The SMILES string of the molecule is OC(c1ccc(C(F)(F)F)cc1)C1COc2ccccc21. The standard InChI is InChI=1S/C16H13F3O2/c17-16(18,19)11-7-5-10(6-8-11)15(20)13-9-21-14-4-2-1-3-12(13)14/h1-8,13,15,20H,9H2. The number of halogens is 3. The van der Waals surface area contributed by atoms with E-state index in [2.05, 4.69) is 0 Å². The average Bonchev–Trinajstić information content (AvgIpc) is 2.90. The molecule has 2 aromatic rings. The Morgan fingerprint density at radius 2 is 1.71 bits per heavy atom. The molecule has 21 heavy (non-hydrogen) atoms. The Kier molecular flexibility index (Phi) is 3.37. The first kappa shape index (κ1) is 13.9. The second kappa shape index (κ2) is 5.07. The molecule has 3 rings (SSSR count). The number of hydrogen-bond acceptors (Lipinski definition) is 2. The van der Waals surface area contributed by atoms with E-state index in [1.807, 2.05) is 24.3 Å². The minimum atomic E-state index is -4.37. The highest BCUT2D eigenvalue weighted by atomic mass is 19.4. The second-order valence-electron chi connectivity index (χ2n) is 5.02. The topological polar surface area (TPSA) is 29.5 Å². The summed E-state index contributed by atoms with van der Waals surface area (Å²) in [4.78, 5) is 0. The highest BCUT2D eigenvalue weighted by Gasteiger charge is 2.33. The first-order valence-corrected chi connectivity index (χ1v) is 6.54. The molecule has 2 unspecified atom stereocenters. The molecule has 0 spiro atoms. The number of alkyl halides is 3. The zero-order chi connectivity index (χ0) is 15.0. The van der Waals surface area contributed by atoms with Crippen LogP contribution in [0.15, 0.2) is 48.5 Å². The Hall–Kier alpha value is -2.01. The van der Waals surface area contributed by atoms with Crippen molar-refractivity contribution in [3.8, 4) is 5.75 Å². The third-order valence-electron chi connectivity index (χ3n) is 3.70. The van der Waals surface area contributed by atoms with Crippen molar-refractivity contribution < 1.29 is 23.0 Å². The number of fused-ring (bicyclic) bond motifs is 1. The van der Waals surface area contributed by atoms with Crippen molar-refractivity contribution in [1.82, 2.24) is 0 Å². The van der Waals surface area contributed by atoms with E-state index in [0.29, 0.717) is 17.9 Å². The lowest BCUT2D eigenvalue weighted by atomic mass is 9.90. The third-order valence-corrected chi connectivity index (χ3v) is 3.70. The van der Waals surface area contributed by atoms with E-state index in [-0.39, 0.29) is 5.92 Å². The minimum Gasteiger partial charge on any atom is -0.493 e. The summed E-state index contributed by atoms with van der Waals surface area (Å²) in [7, 11) is 0. The Morgan fingerprint density at radius 3 is 2.38 bits per heavy atom. The maximum atomic E-state index is 12.5. The van der Waals surface area contributed by atoms with Crippen molar-refractivity contribution in [2.75, 3.05) is 6.61 Å². The van der Waals surface area contributed by atoms with Crippen LogP contribution in [-0.2, 0) is 6.18 Å². The molecule has 0 saturated carbocycles. The summed E-state index contributed by atoms with van der Waals surface area (Å²) >= 11 is 0. The maximum absolute atomic E-state index is 12.5. The second-order valence-corrected chi connectivity index (χ2v) is 5.02. The number of aliphatic hydroxyl groups excluding tert-OH is 1. The van der Waals surface area contributed by atoms with Crippen LogP contribution in [0.3, 0.4) is 0 Å². The van der Waals surface area contributed by atoms with Crippen molar-refractivity contribution in [1.29, 1.82) is 0 Å². The van der Waals surface area contributed by atoms with Gasteiger partial charge in [0.15, 0.2) is 0 Å². The third kappa shape index (κ3) is 2.61. The lowest BCUT2D eigenvalue weighted by Gasteiger charge is -2.18. The Morgan fingerprint density at radius 1 is 1.05 bits per heavy atom. The molecule has 1 aliphatic heterocycles. The van der Waals surface area contributed by atoms with Crippen LogP contribution in [0.4, 0.5) is 13.2 Å². The van der Waals surface area contributed by atoms with Gasteiger partial charge >= 0.3 is 6.18 Å². The van der Waals surface area contributed by atoms with Crippen molar-refractivity contribution in [3.63, 3.8) is 0 Å². The first-order chi connectivity index (χ1) is 9.97. The first-order valence-electron chi connectivity index (χ1n) is 6.54. The number of rotatable bonds is 2. The van der Waals surface area contributed by atoms with Crippen molar-refractivity contribution in [2.45, 2.75) is 18.2 Å². The van der Waals surface area contributed by atoms with Gasteiger partial charge in [0.25, 0.3) is 0 Å². The molecule has 0 aliphatic carbocycles. The summed E-state index contributed by atoms with van der Waals surface area (Å²) in [5, 5.41) is 10.4. The lowest BCUT2D eigenvalue weighted by Crippen LogP contribution is -2.13. The molecule has 1 N–H and O–H groups in total. The molecule has 1 heterocycles. The summed E-state index contributed by atoms with van der Waals surface area (Å²) in [6, 6.07) is 12.0. The predicted octanol–water partition coefficient (Wildman–Crippen LogP) is 3.92. The van der Waals surface area contributed by atoms with E-state index in [1.165, 1.54) is 12.1 Å². The molecule has 1 aliphatic rings. The number of benzene rings is 2. The lowest BCUT2D eigenvalue weighted by molar-refractivity contribution is -0.137. The number of aliphatic hydroxyl groups is 1. The largest absolute Gasteiger partial charge is 0.493 e. The van der Waals surface area contributed by atoms with E-state index < -0.39 is 17.8 Å². The van der Waals surface area contributed by atoms with Crippen LogP contribution >= 0.6 is 0 Å². The van der Waals surface area contributed by atoms with Gasteiger partial charge in [-0.2, -0.15) is 13.2 Å². The molecular formula is C16H13F3O2. The number of ether oxygens (including phenoxy) is 1. The van der Waals surface area contributed by atoms with Gasteiger partial charge in [-0.25, -0.2) is 0 Å². The zero-order valence-corrected chi connectivity index (χ0v) is 11.0. The number of para-hydroxylation sites is 1. The summed E-state index contributed by atoms with van der Waals surface area (Å²) < 4.78 is 43.1. The molecule has 2 aromatic carbocycles. The minimum absolute atomic E-state index is 0.266. The molecule has 0 bridgehead atoms. The van der Waals surface area contributed by atoms with E-state index in [4.69, 9.17) is 4.74 Å². The molecule has 2 atom stereocenters. The van der Waals surface area contributed by atoms with E-state index in [0.717, 1.165) is 17.7 Å². The fourth-order valence-electron chi connectivity index (χ4n) is 2.55. The Bertz CT molecular complexity index is 635. The molecule has 0 fully saturated rings. The molecule has 110 valence electrons. The van der Waals surface area contributed by atoms with Gasteiger partial charge < -0.3 is 9.84 Å². The monoisotopic (exact) mass is 294 g/mol. The summed E-state index contributed by atoms with van der Waals surface area (Å²) in [6.45, 7) is 0.321. The van der Waals surface area contributed by atoms with Crippen LogP contribution in [0.5, 0.6) is 5.75 Å².